The van der Waals surface area contributed by atoms with E-state index in [0.29, 0.717) is 0 Å². The van der Waals surface area contributed by atoms with E-state index in [1.54, 1.807) is 0 Å². The summed E-state index contributed by atoms with van der Waals surface area (Å²) in [5.41, 5.74) is -5.67. The summed E-state index contributed by atoms with van der Waals surface area (Å²) in [5.74, 6) is 0. The highest BCUT2D eigenvalue weighted by atomic mass is 32.2. The molecule has 0 fully saturated rings. The van der Waals surface area contributed by atoms with Crippen molar-refractivity contribution in [2.75, 3.05) is 0 Å². The van der Waals surface area contributed by atoms with Crippen LogP contribution >= 0.6 is 0 Å². The molecule has 0 aromatic heterocycles. The van der Waals surface area contributed by atoms with E-state index in [9.17, 15) is 36.8 Å². The fraction of sp³-hybridized carbons (Fsp3) is 1.00. The maximum absolute atomic E-state index is 11.4. The molecule has 80 valence electrons. The quantitative estimate of drug-likeness (QED) is 0.511. The monoisotopic (exact) mass is 232 g/mol. The Morgan fingerprint density at radius 1 is 1.00 bits per heavy atom. The number of rotatable bonds is 1. The molecule has 0 heterocycles. The fourth-order valence-corrected chi connectivity index (χ4v) is 0.755. The second-order valence-electron chi connectivity index (χ2n) is 1.45. The first-order chi connectivity index (χ1) is 5.54. The Morgan fingerprint density at radius 2 is 1.38 bits per heavy atom. The van der Waals surface area contributed by atoms with Crippen molar-refractivity contribution >= 4 is 11.0 Å². The molecule has 0 aromatic carbocycles. The molecule has 0 radical (unpaired) electrons. The van der Waals surface area contributed by atoms with Gasteiger partial charge in [-0.3, -0.25) is 0 Å². The smallest absolute Gasteiger partial charge is 0.537 e. The summed E-state index contributed by atoms with van der Waals surface area (Å²) in [4.78, 5) is 0. The third kappa shape index (κ3) is 5.02. The van der Waals surface area contributed by atoms with Gasteiger partial charge in [0.2, 0.25) is 0 Å². The minimum atomic E-state index is -5.69. The normalized spacial score (nSPS) is 15.7. The van der Waals surface area contributed by atoms with Gasteiger partial charge in [-0.1, -0.05) is 0 Å². The van der Waals surface area contributed by atoms with Crippen molar-refractivity contribution in [2.45, 2.75) is 11.9 Å². The van der Waals surface area contributed by atoms with E-state index in [1.807, 2.05) is 0 Å². The Hall–Kier alpha value is -0.390. The summed E-state index contributed by atoms with van der Waals surface area (Å²) in [5, 5.41) is 19.0. The third-order valence-electron chi connectivity index (χ3n) is 0.507. The van der Waals surface area contributed by atoms with Gasteiger partial charge in [-0.15, -0.1) is 13.2 Å². The van der Waals surface area contributed by atoms with Crippen LogP contribution in [0.1, 0.15) is 0 Å². The van der Waals surface area contributed by atoms with Gasteiger partial charge in [0, 0.05) is 0 Å². The zero-order valence-corrected chi connectivity index (χ0v) is 6.16. The molecule has 0 amide bonds. The Kier molecular flexibility index (Phi) is 3.66. The Bertz CT molecular complexity index is 215. The maximum Gasteiger partial charge on any atom is 0.537 e. The van der Waals surface area contributed by atoms with Crippen LogP contribution in [0.25, 0.3) is 0 Å². The standard InChI is InChI=1S/C2F6NO3S/c3-1(4,5)12-13(9(10)11)2(6,7)8/q-1. The van der Waals surface area contributed by atoms with Gasteiger partial charge in [0.05, 0.1) is 0 Å². The second-order valence-corrected chi connectivity index (χ2v) is 2.87. The first kappa shape index (κ1) is 12.6. The molecule has 0 saturated carbocycles. The Balaban J connectivity index is 4.80. The van der Waals surface area contributed by atoms with E-state index in [-0.39, 0.29) is 0 Å². The summed E-state index contributed by atoms with van der Waals surface area (Å²) in [6.07, 6.45) is -5.69. The van der Waals surface area contributed by atoms with E-state index in [4.69, 9.17) is 0 Å². The predicted molar refractivity (Wildman–Crippen MR) is 27.6 cm³/mol. The van der Waals surface area contributed by atoms with E-state index in [0.717, 1.165) is 0 Å². The second kappa shape index (κ2) is 3.77. The molecule has 0 aliphatic heterocycles. The zero-order valence-electron chi connectivity index (χ0n) is 5.35. The SMILES string of the molecule is [O-][N+]([O-])=S(OC(F)(F)F)C(F)(F)F. The minimum Gasteiger partial charge on any atom is -0.541 e. The van der Waals surface area contributed by atoms with Crippen LogP contribution in [-0.2, 0) is 15.2 Å². The first-order valence-corrected chi connectivity index (χ1v) is 3.36. The van der Waals surface area contributed by atoms with Crippen molar-refractivity contribution in [3.8, 4) is 0 Å². The van der Waals surface area contributed by atoms with Gasteiger partial charge >= 0.3 is 22.8 Å². The summed E-state index contributed by atoms with van der Waals surface area (Å²) in [7, 11) is -4.37. The van der Waals surface area contributed by atoms with Crippen LogP contribution in [0.15, 0.2) is 0 Å². The molecule has 0 aliphatic rings. The van der Waals surface area contributed by atoms with Gasteiger partial charge in [-0.2, -0.15) is 17.4 Å². The van der Waals surface area contributed by atoms with Crippen molar-refractivity contribution in [1.29, 1.82) is 0 Å². The van der Waals surface area contributed by atoms with Gasteiger partial charge in [0.25, 0.3) is 0 Å². The van der Waals surface area contributed by atoms with Crippen LogP contribution in [0.3, 0.4) is 0 Å². The van der Waals surface area contributed by atoms with Gasteiger partial charge in [-0.25, -0.2) is 4.27 Å². The molecule has 1 unspecified atom stereocenters. The number of nitrogens with zero attached hydrogens (tertiary/aromatic N) is 1. The lowest BCUT2D eigenvalue weighted by Gasteiger charge is -2.15. The van der Waals surface area contributed by atoms with Crippen LogP contribution in [-0.4, -0.2) is 16.1 Å². The van der Waals surface area contributed by atoms with E-state index < -0.39 is 27.1 Å². The van der Waals surface area contributed by atoms with Crippen molar-refractivity contribution in [1.82, 2.24) is 0 Å². The lowest BCUT2D eigenvalue weighted by Crippen LogP contribution is -2.29. The molecule has 0 spiro atoms. The molecular weight excluding hydrogens is 232 g/mol. The highest BCUT2D eigenvalue weighted by molar-refractivity contribution is 7.81. The van der Waals surface area contributed by atoms with Crippen LogP contribution in [0.4, 0.5) is 26.3 Å². The predicted octanol–water partition coefficient (Wildman–Crippen LogP) is 1.77. The summed E-state index contributed by atoms with van der Waals surface area (Å²) in [6, 6.07) is 0. The van der Waals surface area contributed by atoms with Crippen molar-refractivity contribution in [3.63, 3.8) is 0 Å². The Labute approximate surface area is 69.2 Å². The number of hydrogen-bond donors (Lipinski definition) is 0. The Morgan fingerprint density at radius 3 is 1.46 bits per heavy atom. The highest BCUT2D eigenvalue weighted by Gasteiger charge is 2.49. The van der Waals surface area contributed by atoms with Gasteiger partial charge in [0.1, 0.15) is 0 Å². The molecule has 0 bridgehead atoms. The molecule has 1 atom stereocenters. The molecular formula is C2F6NO3S-. The van der Waals surface area contributed by atoms with E-state index in [1.165, 1.54) is 0 Å². The lowest BCUT2D eigenvalue weighted by atomic mass is 11.4. The van der Waals surface area contributed by atoms with Crippen LogP contribution in [0, 0.1) is 10.4 Å². The molecule has 0 N–H and O–H groups in total. The van der Waals surface area contributed by atoms with E-state index >= 15 is 0 Å². The average molecular weight is 232 g/mol. The maximum atomic E-state index is 11.4. The molecule has 4 nitrogen and oxygen atoms in total. The molecule has 0 rings (SSSR count). The van der Waals surface area contributed by atoms with Gasteiger partial charge in [0.15, 0.2) is 0 Å². The van der Waals surface area contributed by atoms with Crippen LogP contribution < -0.4 is 0 Å². The van der Waals surface area contributed by atoms with Gasteiger partial charge in [-0.05, 0) is 0 Å². The fourth-order valence-electron chi connectivity index (χ4n) is 0.252. The number of halogens is 6. The molecule has 0 aliphatic carbocycles. The highest BCUT2D eigenvalue weighted by Crippen LogP contribution is 2.29. The van der Waals surface area contributed by atoms with Crippen LogP contribution in [0.2, 0.25) is 0 Å². The summed E-state index contributed by atoms with van der Waals surface area (Å²) < 4.78 is 68.0. The topological polar surface area (TPSA) is 58.4 Å². The minimum absolute atomic E-state index is 2.19. The van der Waals surface area contributed by atoms with Crippen molar-refractivity contribution in [2.24, 2.45) is 0 Å². The van der Waals surface area contributed by atoms with E-state index in [2.05, 4.69) is 4.18 Å². The molecule has 0 aromatic rings. The van der Waals surface area contributed by atoms with Gasteiger partial charge < -0.3 is 10.4 Å². The molecule has 13 heavy (non-hydrogen) atoms. The zero-order chi connectivity index (χ0) is 10.9. The summed E-state index contributed by atoms with van der Waals surface area (Å²) >= 11 is 0. The number of alkyl halides is 6. The first-order valence-electron chi connectivity index (χ1n) is 2.26. The van der Waals surface area contributed by atoms with Crippen LogP contribution in [0.5, 0.6) is 0 Å². The number of hydrogen-bond acceptors (Lipinski definition) is 3. The summed E-state index contributed by atoms with van der Waals surface area (Å²) in [6.45, 7) is 0. The average Bonchev–Trinajstić information content (AvgIpc) is 1.77. The largest absolute Gasteiger partial charge is 0.541 e. The van der Waals surface area contributed by atoms with Crippen molar-refractivity contribution < 1.29 is 34.8 Å². The molecule has 11 heteroatoms. The van der Waals surface area contributed by atoms with Crippen molar-refractivity contribution in [3.05, 3.63) is 10.4 Å². The molecule has 0 saturated heterocycles. The lowest BCUT2D eigenvalue weighted by molar-refractivity contribution is -0.374. The third-order valence-corrected chi connectivity index (χ3v) is 1.52.